The highest BCUT2D eigenvalue weighted by Gasteiger charge is 2.35. The first-order chi connectivity index (χ1) is 9.23. The molecule has 8 heteroatoms. The van der Waals surface area contributed by atoms with Gasteiger partial charge in [0, 0.05) is 11.1 Å². The average Bonchev–Trinajstić information content (AvgIpc) is 2.74. The van der Waals surface area contributed by atoms with Crippen LogP contribution in [-0.2, 0) is 14.8 Å². The van der Waals surface area contributed by atoms with Crippen LogP contribution in [0.1, 0.15) is 23.7 Å². The van der Waals surface area contributed by atoms with Crippen LogP contribution in [0.15, 0.2) is 27.6 Å². The summed E-state index contributed by atoms with van der Waals surface area (Å²) in [6, 6.07) is 3.88. The topological polar surface area (TPSA) is 92.7 Å². The van der Waals surface area contributed by atoms with Gasteiger partial charge in [0.25, 0.3) is 0 Å². The number of nitrogens with one attached hydrogen (secondary N) is 1. The monoisotopic (exact) mass is 363 g/mol. The van der Waals surface area contributed by atoms with Gasteiger partial charge in [-0.1, -0.05) is 0 Å². The summed E-state index contributed by atoms with van der Waals surface area (Å²) in [7, 11) is -3.83. The molecule has 0 bridgehead atoms. The standard InChI is InChI=1S/C12H14BrNO5S/c1-12(4-5-19-7-12)14-20(17,18)10-6-8(11(15)16)2-3-9(10)13/h2-3,6,14H,4-5,7H2,1H3,(H,15,16). The molecule has 1 aliphatic rings. The number of hydrogen-bond acceptors (Lipinski definition) is 4. The molecule has 0 spiro atoms. The minimum atomic E-state index is -3.83. The highest BCUT2D eigenvalue weighted by molar-refractivity contribution is 9.10. The van der Waals surface area contributed by atoms with Crippen LogP contribution in [0, 0.1) is 0 Å². The Hall–Kier alpha value is -0.960. The fourth-order valence-corrected chi connectivity index (χ4v) is 4.38. The molecule has 0 aromatic heterocycles. The van der Waals surface area contributed by atoms with Crippen molar-refractivity contribution < 1.29 is 23.1 Å². The molecule has 0 aliphatic carbocycles. The van der Waals surface area contributed by atoms with Crippen LogP contribution >= 0.6 is 15.9 Å². The molecule has 0 saturated carbocycles. The second-order valence-corrected chi connectivity index (χ2v) is 7.42. The quantitative estimate of drug-likeness (QED) is 0.847. The van der Waals surface area contributed by atoms with Crippen LogP contribution in [-0.4, -0.2) is 38.2 Å². The first kappa shape index (κ1) is 15.4. The summed E-state index contributed by atoms with van der Waals surface area (Å²) in [4.78, 5) is 10.9. The van der Waals surface area contributed by atoms with Crippen molar-refractivity contribution in [2.75, 3.05) is 13.2 Å². The van der Waals surface area contributed by atoms with Crippen LogP contribution in [0.25, 0.3) is 0 Å². The van der Waals surface area contributed by atoms with Crippen molar-refractivity contribution in [1.29, 1.82) is 0 Å². The molecule has 1 aliphatic heterocycles. The number of halogens is 1. The van der Waals surface area contributed by atoms with Gasteiger partial charge in [0.2, 0.25) is 10.0 Å². The van der Waals surface area contributed by atoms with Crippen LogP contribution in [0.4, 0.5) is 0 Å². The summed E-state index contributed by atoms with van der Waals surface area (Å²) in [5, 5.41) is 8.95. The van der Waals surface area contributed by atoms with Crippen molar-refractivity contribution >= 4 is 31.9 Å². The van der Waals surface area contributed by atoms with Gasteiger partial charge in [-0.25, -0.2) is 17.9 Å². The van der Waals surface area contributed by atoms with Crippen molar-refractivity contribution in [2.24, 2.45) is 0 Å². The fraction of sp³-hybridized carbons (Fsp3) is 0.417. The third-order valence-electron chi connectivity index (χ3n) is 3.07. The Kier molecular flexibility index (Phi) is 4.19. The van der Waals surface area contributed by atoms with E-state index in [0.29, 0.717) is 24.1 Å². The predicted molar refractivity (Wildman–Crippen MR) is 75.3 cm³/mol. The summed E-state index contributed by atoms with van der Waals surface area (Å²) < 4.78 is 32.9. The molecule has 1 aromatic rings. The van der Waals surface area contributed by atoms with E-state index < -0.39 is 21.5 Å². The van der Waals surface area contributed by atoms with E-state index in [4.69, 9.17) is 9.84 Å². The molecule has 1 unspecified atom stereocenters. The maximum absolute atomic E-state index is 12.4. The van der Waals surface area contributed by atoms with Gasteiger partial charge in [-0.3, -0.25) is 0 Å². The van der Waals surface area contributed by atoms with Gasteiger partial charge in [0.15, 0.2) is 0 Å². The maximum Gasteiger partial charge on any atom is 0.335 e. The normalized spacial score (nSPS) is 22.9. The third kappa shape index (κ3) is 3.20. The molecule has 1 aromatic carbocycles. The van der Waals surface area contributed by atoms with Gasteiger partial charge in [0.05, 0.1) is 22.6 Å². The smallest absolute Gasteiger partial charge is 0.335 e. The minimum absolute atomic E-state index is 0.0820. The van der Waals surface area contributed by atoms with Gasteiger partial charge in [0.1, 0.15) is 0 Å². The summed E-state index contributed by atoms with van der Waals surface area (Å²) in [5.41, 5.74) is -0.751. The minimum Gasteiger partial charge on any atom is -0.478 e. The second-order valence-electron chi connectivity index (χ2n) is 4.92. The zero-order valence-electron chi connectivity index (χ0n) is 10.7. The van der Waals surface area contributed by atoms with Crippen LogP contribution in [0.2, 0.25) is 0 Å². The van der Waals surface area contributed by atoms with Gasteiger partial charge < -0.3 is 9.84 Å². The number of rotatable bonds is 4. The molecule has 0 amide bonds. The Morgan fingerprint density at radius 1 is 1.50 bits per heavy atom. The maximum atomic E-state index is 12.4. The number of aromatic carboxylic acids is 1. The number of ether oxygens (including phenoxy) is 1. The Balaban J connectivity index is 2.38. The summed E-state index contributed by atoms with van der Waals surface area (Å²) in [5.74, 6) is -1.18. The number of sulfonamides is 1. The summed E-state index contributed by atoms with van der Waals surface area (Å²) in [6.07, 6.45) is 0.572. The van der Waals surface area contributed by atoms with E-state index in [1.54, 1.807) is 6.92 Å². The highest BCUT2D eigenvalue weighted by atomic mass is 79.9. The van der Waals surface area contributed by atoms with E-state index in [-0.39, 0.29) is 10.5 Å². The lowest BCUT2D eigenvalue weighted by molar-refractivity contribution is 0.0696. The molecule has 0 radical (unpaired) electrons. The van der Waals surface area contributed by atoms with Crippen molar-refractivity contribution in [3.05, 3.63) is 28.2 Å². The molecule has 20 heavy (non-hydrogen) atoms. The lowest BCUT2D eigenvalue weighted by atomic mass is 10.0. The average molecular weight is 364 g/mol. The van der Waals surface area contributed by atoms with E-state index in [1.807, 2.05) is 0 Å². The van der Waals surface area contributed by atoms with E-state index in [1.165, 1.54) is 12.1 Å². The van der Waals surface area contributed by atoms with Crippen molar-refractivity contribution in [1.82, 2.24) is 4.72 Å². The lowest BCUT2D eigenvalue weighted by Gasteiger charge is -2.23. The second kappa shape index (κ2) is 5.44. The summed E-state index contributed by atoms with van der Waals surface area (Å²) >= 11 is 3.14. The van der Waals surface area contributed by atoms with E-state index >= 15 is 0 Å². The molecule has 1 saturated heterocycles. The molecular formula is C12H14BrNO5S. The first-order valence-electron chi connectivity index (χ1n) is 5.88. The number of hydrogen-bond donors (Lipinski definition) is 2. The highest BCUT2D eigenvalue weighted by Crippen LogP contribution is 2.26. The zero-order valence-corrected chi connectivity index (χ0v) is 13.1. The van der Waals surface area contributed by atoms with Gasteiger partial charge in [-0.05, 0) is 47.5 Å². The van der Waals surface area contributed by atoms with Crippen molar-refractivity contribution in [2.45, 2.75) is 23.8 Å². The number of benzene rings is 1. The Morgan fingerprint density at radius 3 is 2.75 bits per heavy atom. The Morgan fingerprint density at radius 2 is 2.20 bits per heavy atom. The molecule has 1 fully saturated rings. The van der Waals surface area contributed by atoms with Crippen LogP contribution in [0.3, 0.4) is 0 Å². The van der Waals surface area contributed by atoms with Crippen LogP contribution in [0.5, 0.6) is 0 Å². The van der Waals surface area contributed by atoms with Gasteiger partial charge >= 0.3 is 5.97 Å². The molecule has 6 nitrogen and oxygen atoms in total. The summed E-state index contributed by atoms with van der Waals surface area (Å²) in [6.45, 7) is 2.55. The number of carboxylic acids is 1. The van der Waals surface area contributed by atoms with E-state index in [0.717, 1.165) is 6.07 Å². The SMILES string of the molecule is CC1(NS(=O)(=O)c2cc(C(=O)O)ccc2Br)CCOC1. The number of carbonyl (C=O) groups is 1. The zero-order chi connectivity index (χ0) is 15.0. The largest absolute Gasteiger partial charge is 0.478 e. The first-order valence-corrected chi connectivity index (χ1v) is 8.16. The van der Waals surface area contributed by atoms with E-state index in [9.17, 15) is 13.2 Å². The molecule has 2 rings (SSSR count). The van der Waals surface area contributed by atoms with Gasteiger partial charge in [-0.15, -0.1) is 0 Å². The fourth-order valence-electron chi connectivity index (χ4n) is 1.97. The Bertz CT molecular complexity index is 637. The Labute approximate surface area is 125 Å². The van der Waals surface area contributed by atoms with Crippen LogP contribution < -0.4 is 4.72 Å². The van der Waals surface area contributed by atoms with Gasteiger partial charge in [-0.2, -0.15) is 0 Å². The molecular weight excluding hydrogens is 350 g/mol. The van der Waals surface area contributed by atoms with Crippen molar-refractivity contribution in [3.8, 4) is 0 Å². The third-order valence-corrected chi connectivity index (χ3v) is 5.70. The molecule has 2 N–H and O–H groups in total. The lowest BCUT2D eigenvalue weighted by Crippen LogP contribution is -2.46. The molecule has 1 atom stereocenters. The molecule has 110 valence electrons. The van der Waals surface area contributed by atoms with Crippen molar-refractivity contribution in [3.63, 3.8) is 0 Å². The van der Waals surface area contributed by atoms with E-state index in [2.05, 4.69) is 20.7 Å². The molecule has 1 heterocycles. The predicted octanol–water partition coefficient (Wildman–Crippen LogP) is 1.60. The number of carboxylic acid groups (broad SMARTS) is 1.